The first kappa shape index (κ1) is 16.8. The van der Waals surface area contributed by atoms with Gasteiger partial charge in [-0.15, -0.1) is 0 Å². The third-order valence-electron chi connectivity index (χ3n) is 4.58. The second-order valence-corrected chi connectivity index (χ2v) is 6.89. The van der Waals surface area contributed by atoms with E-state index in [9.17, 15) is 4.79 Å². The largest absolute Gasteiger partial charge is 0.356 e. The van der Waals surface area contributed by atoms with Gasteiger partial charge in [-0.25, -0.2) is 0 Å². The number of nitrogens with one attached hydrogen (secondary N) is 1. The molecule has 1 atom stereocenters. The molecule has 0 spiro atoms. The summed E-state index contributed by atoms with van der Waals surface area (Å²) in [5.74, 6) is 0.834. The monoisotopic (exact) mass is 374 g/mol. The fourth-order valence-electron chi connectivity index (χ4n) is 3.29. The number of halogens is 1. The highest BCUT2D eigenvalue weighted by Crippen LogP contribution is 2.31. The number of amides is 1. The Morgan fingerprint density at radius 2 is 2.27 bits per heavy atom. The molecule has 3 aromatic heterocycles. The maximum atomic E-state index is 13.0. The summed E-state index contributed by atoms with van der Waals surface area (Å²) in [7, 11) is 1.83. The minimum Gasteiger partial charge on any atom is -0.356 e. The average molecular weight is 375 g/mol. The fourth-order valence-corrected chi connectivity index (χ4v) is 3.45. The molecule has 1 fully saturated rings. The number of nitrogens with zero attached hydrogens (tertiary/aromatic N) is 5. The van der Waals surface area contributed by atoms with Gasteiger partial charge in [-0.3, -0.25) is 9.48 Å². The molecule has 0 saturated carbocycles. The zero-order chi connectivity index (χ0) is 18.1. The van der Waals surface area contributed by atoms with E-state index < -0.39 is 0 Å². The molecule has 0 aliphatic carbocycles. The summed E-state index contributed by atoms with van der Waals surface area (Å²) in [6.07, 6.45) is 8.92. The van der Waals surface area contributed by atoms with Gasteiger partial charge in [-0.1, -0.05) is 29.6 Å². The van der Waals surface area contributed by atoms with Gasteiger partial charge in [-0.2, -0.15) is 10.1 Å². The lowest BCUT2D eigenvalue weighted by molar-refractivity contribution is 0.0665. The lowest BCUT2D eigenvalue weighted by Crippen LogP contribution is -2.35. The molecule has 3 aromatic rings. The number of aromatic nitrogens is 5. The molecule has 8 nitrogen and oxygen atoms in total. The van der Waals surface area contributed by atoms with E-state index in [-0.39, 0.29) is 11.9 Å². The number of hydrogen-bond donors (Lipinski definition) is 1. The van der Waals surface area contributed by atoms with Crippen LogP contribution in [-0.2, 0) is 7.05 Å². The first-order valence-electron chi connectivity index (χ1n) is 8.59. The molecule has 1 aliphatic heterocycles. The molecule has 1 aliphatic rings. The zero-order valence-corrected chi connectivity index (χ0v) is 15.1. The van der Waals surface area contributed by atoms with Crippen molar-refractivity contribution in [2.45, 2.75) is 31.7 Å². The minimum absolute atomic E-state index is 0.100. The first-order chi connectivity index (χ1) is 12.6. The normalized spacial score (nSPS) is 18.1. The Labute approximate surface area is 155 Å². The van der Waals surface area contributed by atoms with Crippen molar-refractivity contribution in [2.24, 2.45) is 7.05 Å². The minimum atomic E-state index is -0.221. The Hall–Kier alpha value is -2.61. The van der Waals surface area contributed by atoms with E-state index in [4.69, 9.17) is 16.1 Å². The number of hydrogen-bond acceptors (Lipinski definition) is 5. The van der Waals surface area contributed by atoms with Gasteiger partial charge in [-0.05, 0) is 18.9 Å². The second-order valence-electron chi connectivity index (χ2n) is 6.46. The van der Waals surface area contributed by atoms with Crippen molar-refractivity contribution >= 4 is 17.5 Å². The molecule has 4 heterocycles. The Bertz CT molecular complexity index is 914. The van der Waals surface area contributed by atoms with Crippen LogP contribution in [0.5, 0.6) is 0 Å². The number of aryl methyl sites for hydroxylation is 1. The van der Waals surface area contributed by atoms with Gasteiger partial charge in [0.2, 0.25) is 0 Å². The smallest absolute Gasteiger partial charge is 0.270 e. The number of H-pyrrole nitrogens is 1. The number of carbonyl (C=O) groups excluding carboxylic acids is 1. The first-order valence-corrected chi connectivity index (χ1v) is 8.97. The summed E-state index contributed by atoms with van der Waals surface area (Å²) < 4.78 is 7.09. The maximum Gasteiger partial charge on any atom is 0.270 e. The van der Waals surface area contributed by atoms with Crippen LogP contribution in [0.25, 0.3) is 11.5 Å². The quantitative estimate of drug-likeness (QED) is 0.759. The van der Waals surface area contributed by atoms with Crippen molar-refractivity contribution < 1.29 is 9.32 Å². The third-order valence-corrected chi connectivity index (χ3v) is 4.80. The number of carbonyl (C=O) groups is 1. The average Bonchev–Trinajstić information content (AvgIpc) is 3.33. The molecule has 0 aromatic carbocycles. The van der Waals surface area contributed by atoms with Crippen LogP contribution in [0, 0.1) is 0 Å². The molecule has 26 heavy (non-hydrogen) atoms. The number of rotatable bonds is 3. The number of aromatic amines is 1. The molecule has 0 unspecified atom stereocenters. The Morgan fingerprint density at radius 3 is 3.00 bits per heavy atom. The van der Waals surface area contributed by atoms with Crippen molar-refractivity contribution in [3.63, 3.8) is 0 Å². The predicted molar refractivity (Wildman–Crippen MR) is 94.5 cm³/mol. The molecule has 1 N–H and O–H groups in total. The van der Waals surface area contributed by atoms with Crippen LogP contribution in [0.4, 0.5) is 0 Å². The molecule has 136 valence electrons. The Morgan fingerprint density at radius 1 is 1.38 bits per heavy atom. The number of likely N-dealkylation sites (tertiary alicyclic amines) is 1. The van der Waals surface area contributed by atoms with Gasteiger partial charge in [0.05, 0.1) is 22.8 Å². The standard InChI is InChI=1S/C17H19ClN6O2/c1-23-10-11(8-20-23)16-21-15(22-26-16)14-5-3-2-4-6-24(14)17(25)13-7-12(18)9-19-13/h7-10,14,19H,2-6H2,1H3/t14-/m0/s1. The molecule has 4 rings (SSSR count). The summed E-state index contributed by atoms with van der Waals surface area (Å²) in [6, 6.07) is 1.42. The third kappa shape index (κ3) is 3.24. The van der Waals surface area contributed by atoms with Crippen LogP contribution in [-0.4, -0.2) is 42.3 Å². The van der Waals surface area contributed by atoms with Crippen molar-refractivity contribution in [2.75, 3.05) is 6.54 Å². The molecule has 0 bridgehead atoms. The van der Waals surface area contributed by atoms with E-state index in [1.807, 2.05) is 18.1 Å². The SMILES string of the molecule is Cn1cc(-c2nc([C@@H]3CCCCCN3C(=O)c3cc(Cl)c[nH]3)no2)cn1. The zero-order valence-electron chi connectivity index (χ0n) is 14.4. The van der Waals surface area contributed by atoms with Gasteiger partial charge >= 0.3 is 0 Å². The predicted octanol–water partition coefficient (Wildman–Crippen LogP) is 3.21. The van der Waals surface area contributed by atoms with Crippen LogP contribution in [0.3, 0.4) is 0 Å². The lowest BCUT2D eigenvalue weighted by Gasteiger charge is -2.27. The molecular formula is C17H19ClN6O2. The van der Waals surface area contributed by atoms with Crippen LogP contribution in [0.15, 0.2) is 29.2 Å². The summed E-state index contributed by atoms with van der Waals surface area (Å²) in [4.78, 5) is 22.2. The van der Waals surface area contributed by atoms with E-state index in [0.29, 0.717) is 29.0 Å². The van der Waals surface area contributed by atoms with E-state index in [1.54, 1.807) is 23.1 Å². The molecule has 1 saturated heterocycles. The summed E-state index contributed by atoms with van der Waals surface area (Å²) in [6.45, 7) is 0.650. The summed E-state index contributed by atoms with van der Waals surface area (Å²) >= 11 is 5.95. The topological polar surface area (TPSA) is 92.8 Å². The van der Waals surface area contributed by atoms with E-state index in [1.165, 1.54) is 0 Å². The molecule has 0 radical (unpaired) electrons. The van der Waals surface area contributed by atoms with Crippen LogP contribution < -0.4 is 0 Å². The van der Waals surface area contributed by atoms with Gasteiger partial charge in [0, 0.05) is 26.0 Å². The van der Waals surface area contributed by atoms with Crippen LogP contribution in [0.2, 0.25) is 5.02 Å². The van der Waals surface area contributed by atoms with Gasteiger partial charge in [0.15, 0.2) is 5.82 Å². The highest BCUT2D eigenvalue weighted by Gasteiger charge is 2.31. The van der Waals surface area contributed by atoms with Gasteiger partial charge in [0.25, 0.3) is 11.8 Å². The molecular weight excluding hydrogens is 356 g/mol. The summed E-state index contributed by atoms with van der Waals surface area (Å²) in [5, 5.41) is 8.78. The fraction of sp³-hybridized carbons (Fsp3) is 0.412. The van der Waals surface area contributed by atoms with Crippen LogP contribution in [0.1, 0.15) is 48.0 Å². The van der Waals surface area contributed by atoms with E-state index in [0.717, 1.165) is 31.2 Å². The molecule has 1 amide bonds. The van der Waals surface area contributed by atoms with Crippen molar-refractivity contribution in [3.8, 4) is 11.5 Å². The van der Waals surface area contributed by atoms with Crippen molar-refractivity contribution in [3.05, 3.63) is 41.2 Å². The lowest BCUT2D eigenvalue weighted by atomic mass is 10.1. The maximum absolute atomic E-state index is 13.0. The van der Waals surface area contributed by atoms with E-state index >= 15 is 0 Å². The Balaban J connectivity index is 1.63. The van der Waals surface area contributed by atoms with Crippen LogP contribution >= 0.6 is 11.6 Å². The van der Waals surface area contributed by atoms with Gasteiger partial charge in [0.1, 0.15) is 5.69 Å². The molecule has 9 heteroatoms. The van der Waals surface area contributed by atoms with Crippen molar-refractivity contribution in [1.82, 2.24) is 29.8 Å². The van der Waals surface area contributed by atoms with Crippen molar-refractivity contribution in [1.29, 1.82) is 0 Å². The second kappa shape index (κ2) is 6.95. The highest BCUT2D eigenvalue weighted by atomic mass is 35.5. The summed E-state index contributed by atoms with van der Waals surface area (Å²) in [5.41, 5.74) is 1.23. The van der Waals surface area contributed by atoms with Gasteiger partial charge < -0.3 is 14.4 Å². The Kier molecular flexibility index (Phi) is 4.50. The highest BCUT2D eigenvalue weighted by molar-refractivity contribution is 6.30. The van der Waals surface area contributed by atoms with E-state index in [2.05, 4.69) is 20.2 Å².